The molecule has 1 heterocycles. The SMILES string of the molecule is C[C@H]1CN([C@@H](C)CO)C(=O)c2cccc(NC(=O)C3CCCCC3)c2O[C@@H]1CN(C)CC1CCCCC1. The third-order valence-corrected chi connectivity index (χ3v) is 8.71. The van der Waals surface area contributed by atoms with Gasteiger partial charge in [-0.2, -0.15) is 0 Å². The fraction of sp³-hybridized carbons (Fsp3) is 0.733. The second-order valence-corrected chi connectivity index (χ2v) is 11.9. The van der Waals surface area contributed by atoms with Crippen LogP contribution in [-0.2, 0) is 4.79 Å². The van der Waals surface area contributed by atoms with Crippen LogP contribution < -0.4 is 10.1 Å². The van der Waals surface area contributed by atoms with Gasteiger partial charge >= 0.3 is 0 Å². The molecule has 2 aliphatic carbocycles. The van der Waals surface area contributed by atoms with Gasteiger partial charge in [-0.25, -0.2) is 0 Å². The largest absolute Gasteiger partial charge is 0.486 e. The molecule has 0 spiro atoms. The Morgan fingerprint density at radius 3 is 2.46 bits per heavy atom. The average Bonchev–Trinajstić information content (AvgIpc) is 2.91. The second-order valence-electron chi connectivity index (χ2n) is 11.9. The summed E-state index contributed by atoms with van der Waals surface area (Å²) >= 11 is 0. The van der Waals surface area contributed by atoms with Gasteiger partial charge in [-0.1, -0.05) is 51.5 Å². The van der Waals surface area contributed by atoms with E-state index < -0.39 is 0 Å². The molecular weight excluding hydrogens is 466 g/mol. The van der Waals surface area contributed by atoms with E-state index in [-0.39, 0.29) is 42.4 Å². The Bertz CT molecular complexity index is 910. The first kappa shape index (κ1) is 27.9. The van der Waals surface area contributed by atoms with Crippen molar-refractivity contribution in [2.75, 3.05) is 38.6 Å². The van der Waals surface area contributed by atoms with Crippen LogP contribution in [-0.4, -0.2) is 72.2 Å². The quantitative estimate of drug-likeness (QED) is 0.515. The highest BCUT2D eigenvalue weighted by atomic mass is 16.5. The summed E-state index contributed by atoms with van der Waals surface area (Å²) < 4.78 is 6.69. The third kappa shape index (κ3) is 7.05. The number of ether oxygens (including phenoxy) is 1. The Kier molecular flexibility index (Phi) is 9.88. The van der Waals surface area contributed by atoms with Crippen molar-refractivity contribution in [3.05, 3.63) is 23.8 Å². The van der Waals surface area contributed by atoms with Crippen molar-refractivity contribution in [3.63, 3.8) is 0 Å². The smallest absolute Gasteiger partial charge is 0.258 e. The van der Waals surface area contributed by atoms with Crippen molar-refractivity contribution in [2.24, 2.45) is 17.8 Å². The minimum Gasteiger partial charge on any atom is -0.486 e. The van der Waals surface area contributed by atoms with Crippen LogP contribution in [0.5, 0.6) is 5.75 Å². The van der Waals surface area contributed by atoms with E-state index in [0.29, 0.717) is 23.5 Å². The number of benzene rings is 1. The van der Waals surface area contributed by atoms with Gasteiger partial charge in [-0.3, -0.25) is 9.59 Å². The standard InChI is InChI=1S/C30H47N3O4/c1-21-17-33(22(2)20-34)30(36)25-15-10-16-26(31-29(35)24-13-8-5-9-14-24)28(25)37-27(21)19-32(3)18-23-11-6-4-7-12-23/h10,15-16,21-24,27,34H,4-9,11-14,17-20H2,1-3H3,(H,31,35)/t21-,22-,27+/m0/s1. The highest BCUT2D eigenvalue weighted by Gasteiger charge is 2.35. The first-order chi connectivity index (χ1) is 17.9. The number of carbonyl (C=O) groups excluding carboxylic acids is 2. The Labute approximate surface area is 222 Å². The summed E-state index contributed by atoms with van der Waals surface area (Å²) in [6.07, 6.45) is 11.6. The Hall–Kier alpha value is -2.12. The van der Waals surface area contributed by atoms with Gasteiger partial charge in [0.25, 0.3) is 5.91 Å². The summed E-state index contributed by atoms with van der Waals surface area (Å²) in [4.78, 5) is 31.0. The number of rotatable bonds is 8. The predicted octanol–water partition coefficient (Wildman–Crippen LogP) is 4.94. The molecular formula is C30H47N3O4. The minimum absolute atomic E-state index is 0.0103. The maximum absolute atomic E-state index is 13.7. The first-order valence-corrected chi connectivity index (χ1v) is 14.6. The number of fused-ring (bicyclic) bond motifs is 1. The van der Waals surface area contributed by atoms with Crippen molar-refractivity contribution in [2.45, 2.75) is 90.2 Å². The van der Waals surface area contributed by atoms with Crippen LogP contribution in [0, 0.1) is 17.8 Å². The second kappa shape index (κ2) is 13.1. The molecule has 206 valence electrons. The van der Waals surface area contributed by atoms with Crippen LogP contribution in [0.4, 0.5) is 5.69 Å². The van der Waals surface area contributed by atoms with Gasteiger partial charge in [-0.15, -0.1) is 0 Å². The van der Waals surface area contributed by atoms with Crippen LogP contribution in [0.3, 0.4) is 0 Å². The van der Waals surface area contributed by atoms with Crippen molar-refractivity contribution < 1.29 is 19.4 Å². The monoisotopic (exact) mass is 513 g/mol. The molecule has 1 aromatic carbocycles. The summed E-state index contributed by atoms with van der Waals surface area (Å²) in [6.45, 7) is 6.22. The summed E-state index contributed by atoms with van der Waals surface area (Å²) in [7, 11) is 2.17. The summed E-state index contributed by atoms with van der Waals surface area (Å²) in [6, 6.07) is 5.14. The minimum atomic E-state index is -0.304. The topological polar surface area (TPSA) is 82.1 Å². The summed E-state index contributed by atoms with van der Waals surface area (Å²) in [5, 5.41) is 13.0. The lowest BCUT2D eigenvalue weighted by molar-refractivity contribution is -0.120. The zero-order valence-electron chi connectivity index (χ0n) is 23.1. The number of para-hydroxylation sites is 1. The van der Waals surface area contributed by atoms with E-state index in [1.807, 2.05) is 19.1 Å². The number of anilines is 1. The molecule has 4 rings (SSSR count). The number of carbonyl (C=O) groups is 2. The Morgan fingerprint density at radius 2 is 1.78 bits per heavy atom. The molecule has 0 aromatic heterocycles. The molecule has 0 unspecified atom stereocenters. The van der Waals surface area contributed by atoms with Gasteiger partial charge in [0.05, 0.1) is 23.9 Å². The molecule has 2 N–H and O–H groups in total. The van der Waals surface area contributed by atoms with E-state index >= 15 is 0 Å². The number of amides is 2. The molecule has 0 bridgehead atoms. The van der Waals surface area contributed by atoms with Crippen molar-refractivity contribution >= 4 is 17.5 Å². The van der Waals surface area contributed by atoms with Crippen LogP contribution in [0.1, 0.15) is 88.4 Å². The number of aliphatic hydroxyl groups excluding tert-OH is 1. The molecule has 7 heteroatoms. The molecule has 1 aliphatic heterocycles. The van der Waals surface area contributed by atoms with E-state index in [2.05, 4.69) is 24.2 Å². The number of nitrogens with one attached hydrogen (secondary N) is 1. The number of likely N-dealkylation sites (N-methyl/N-ethyl adjacent to an activating group) is 1. The van der Waals surface area contributed by atoms with Gasteiger partial charge in [-0.05, 0) is 57.7 Å². The van der Waals surface area contributed by atoms with E-state index in [0.717, 1.165) is 44.7 Å². The normalized spacial score (nSPS) is 24.7. The average molecular weight is 514 g/mol. The zero-order valence-corrected chi connectivity index (χ0v) is 23.1. The summed E-state index contributed by atoms with van der Waals surface area (Å²) in [5.74, 6) is 1.12. The van der Waals surface area contributed by atoms with Crippen molar-refractivity contribution in [1.29, 1.82) is 0 Å². The molecule has 3 atom stereocenters. The maximum atomic E-state index is 13.7. The maximum Gasteiger partial charge on any atom is 0.258 e. The summed E-state index contributed by atoms with van der Waals surface area (Å²) in [5.41, 5.74) is 1.03. The van der Waals surface area contributed by atoms with Gasteiger partial charge in [0.15, 0.2) is 5.75 Å². The lowest BCUT2D eigenvalue weighted by atomic mass is 9.88. The third-order valence-electron chi connectivity index (χ3n) is 8.71. The lowest BCUT2D eigenvalue weighted by Crippen LogP contribution is -2.50. The van der Waals surface area contributed by atoms with E-state index in [1.54, 1.807) is 11.0 Å². The highest BCUT2D eigenvalue weighted by molar-refractivity contribution is 6.02. The number of nitrogens with zero attached hydrogens (tertiary/aromatic N) is 2. The molecule has 2 fully saturated rings. The van der Waals surface area contributed by atoms with Crippen molar-refractivity contribution in [1.82, 2.24) is 9.80 Å². The van der Waals surface area contributed by atoms with Gasteiger partial charge in [0.2, 0.25) is 5.91 Å². The van der Waals surface area contributed by atoms with E-state index in [9.17, 15) is 14.7 Å². The number of aliphatic hydroxyl groups is 1. The first-order valence-electron chi connectivity index (χ1n) is 14.6. The van der Waals surface area contributed by atoms with E-state index in [4.69, 9.17) is 4.74 Å². The van der Waals surface area contributed by atoms with Gasteiger partial charge in [0.1, 0.15) is 6.10 Å². The van der Waals surface area contributed by atoms with Gasteiger partial charge < -0.3 is 25.0 Å². The fourth-order valence-electron chi connectivity index (χ4n) is 6.35. The number of hydrogen-bond donors (Lipinski definition) is 2. The highest BCUT2D eigenvalue weighted by Crippen LogP contribution is 2.36. The Morgan fingerprint density at radius 1 is 1.11 bits per heavy atom. The van der Waals surface area contributed by atoms with Crippen LogP contribution in [0.25, 0.3) is 0 Å². The molecule has 2 amide bonds. The molecule has 7 nitrogen and oxygen atoms in total. The zero-order chi connectivity index (χ0) is 26.4. The van der Waals surface area contributed by atoms with Crippen LogP contribution in [0.15, 0.2) is 18.2 Å². The van der Waals surface area contributed by atoms with E-state index in [1.165, 1.54) is 38.5 Å². The fourth-order valence-corrected chi connectivity index (χ4v) is 6.35. The molecule has 2 saturated carbocycles. The Balaban J connectivity index is 1.60. The van der Waals surface area contributed by atoms with Crippen LogP contribution >= 0.6 is 0 Å². The number of hydrogen-bond acceptors (Lipinski definition) is 5. The molecule has 3 aliphatic rings. The lowest BCUT2D eigenvalue weighted by Gasteiger charge is -2.39. The predicted molar refractivity (Wildman–Crippen MR) is 147 cm³/mol. The molecule has 0 saturated heterocycles. The molecule has 1 aromatic rings. The van der Waals surface area contributed by atoms with Gasteiger partial charge in [0, 0.05) is 31.5 Å². The molecule has 37 heavy (non-hydrogen) atoms. The van der Waals surface area contributed by atoms with Crippen molar-refractivity contribution in [3.8, 4) is 5.75 Å². The van der Waals surface area contributed by atoms with Crippen LogP contribution in [0.2, 0.25) is 0 Å². The molecule has 0 radical (unpaired) electrons.